The largest absolute Gasteiger partial charge is 0.379 e. The maximum atomic E-state index is 14.0. The van der Waals surface area contributed by atoms with Crippen LogP contribution in [0.15, 0.2) is 64.4 Å². The van der Waals surface area contributed by atoms with Crippen LogP contribution in [-0.4, -0.2) is 94.9 Å². The van der Waals surface area contributed by atoms with E-state index in [1.165, 1.54) is 34.0 Å². The Balaban J connectivity index is 1.15. The van der Waals surface area contributed by atoms with Crippen molar-refractivity contribution in [2.75, 3.05) is 87.3 Å². The molecule has 0 bridgehead atoms. The van der Waals surface area contributed by atoms with Crippen molar-refractivity contribution in [3.63, 3.8) is 0 Å². The van der Waals surface area contributed by atoms with E-state index in [2.05, 4.69) is 64.0 Å². The lowest BCUT2D eigenvalue weighted by Crippen LogP contribution is -2.42. The van der Waals surface area contributed by atoms with Gasteiger partial charge in [0.05, 0.1) is 30.9 Å². The van der Waals surface area contributed by atoms with Crippen LogP contribution in [0.2, 0.25) is 0 Å². The summed E-state index contributed by atoms with van der Waals surface area (Å²) in [4.78, 5) is 34.8. The number of unbranched alkanes of at least 4 members (excludes halogenated alkanes) is 3. The predicted molar refractivity (Wildman–Crippen MR) is 204 cm³/mol. The van der Waals surface area contributed by atoms with E-state index in [0.717, 1.165) is 75.2 Å². The Morgan fingerprint density at radius 1 is 0.800 bits per heavy atom. The van der Waals surface area contributed by atoms with Crippen LogP contribution in [0.5, 0.6) is 0 Å². The number of halogens is 1. The topological polar surface area (TPSA) is 95.0 Å². The fourth-order valence-electron chi connectivity index (χ4n) is 7.80. The summed E-state index contributed by atoms with van der Waals surface area (Å²) in [7, 11) is -1.51. The summed E-state index contributed by atoms with van der Waals surface area (Å²) >= 11 is 5.72. The van der Waals surface area contributed by atoms with Crippen LogP contribution >= 0.6 is 21.6 Å². The molecule has 0 atom stereocenters. The second-order valence-corrected chi connectivity index (χ2v) is 18.1. The molecule has 10 heteroatoms. The molecular weight excluding hydrogens is 668 g/mol. The van der Waals surface area contributed by atoms with Crippen LogP contribution in [0.1, 0.15) is 75.9 Å². The number of alkyl halides is 1. The maximum Gasteiger partial charge on any atom is 0.251 e. The highest BCUT2D eigenvalue weighted by molar-refractivity contribution is 8.32. The van der Waals surface area contributed by atoms with Crippen LogP contribution in [-0.2, 0) is 14.9 Å². The van der Waals surface area contributed by atoms with Crippen molar-refractivity contribution < 1.29 is 19.1 Å². The third kappa shape index (κ3) is 6.14. The molecule has 7 rings (SSSR count). The predicted octanol–water partition coefficient (Wildman–Crippen LogP) is 7.02. The minimum absolute atomic E-state index is 0.0572. The van der Waals surface area contributed by atoms with Gasteiger partial charge in [0, 0.05) is 77.5 Å². The molecule has 3 aromatic carbocycles. The van der Waals surface area contributed by atoms with Crippen molar-refractivity contribution in [2.24, 2.45) is 0 Å². The summed E-state index contributed by atoms with van der Waals surface area (Å²) in [5.41, 5.74) is 5.04. The molecule has 0 saturated carbocycles. The number of ether oxygens (including phenoxy) is 2. The zero-order chi connectivity index (χ0) is 34.9. The van der Waals surface area contributed by atoms with Crippen molar-refractivity contribution in [1.29, 1.82) is 5.41 Å². The summed E-state index contributed by atoms with van der Waals surface area (Å²) < 4.78 is 11.3. The van der Waals surface area contributed by atoms with E-state index in [4.69, 9.17) is 21.1 Å². The molecule has 1 amide bonds. The molecule has 4 aliphatic rings. The lowest BCUT2D eigenvalue weighted by molar-refractivity contribution is 0.0468. The molecular formula is C40H49ClN4O4S. The number of hydrogen-bond donors (Lipinski definition) is 2. The van der Waals surface area contributed by atoms with E-state index in [-0.39, 0.29) is 17.4 Å². The van der Waals surface area contributed by atoms with Crippen molar-refractivity contribution in [3.05, 3.63) is 82.4 Å². The van der Waals surface area contributed by atoms with Gasteiger partial charge < -0.3 is 24.6 Å². The smallest absolute Gasteiger partial charge is 0.251 e. The van der Waals surface area contributed by atoms with Crippen LogP contribution in [0.4, 0.5) is 11.4 Å². The maximum absolute atomic E-state index is 14.0. The summed E-state index contributed by atoms with van der Waals surface area (Å²) in [5, 5.41) is 12.6. The Morgan fingerprint density at radius 2 is 1.40 bits per heavy atom. The van der Waals surface area contributed by atoms with Crippen molar-refractivity contribution in [3.8, 4) is 0 Å². The molecule has 8 nitrogen and oxygen atoms in total. The standard InChI is InChI=1S/C40H49ClN4O4S/c1-50(2)35-26-29(44-17-7-18-44)10-13-32(35)40(33-14-11-30(27-36(33)50)45-19-8-20-45)34-25-28(9-12-31(34)37(46)38(40)42)39(47)43-16-22-49-24-23-48-21-6-4-3-5-15-41/h9-14,25-27,42H,3-8,15-24H2,1-2H3,(H,43,47). The number of hydrogen-bond acceptors (Lipinski definition) is 7. The van der Waals surface area contributed by atoms with Crippen LogP contribution in [0.25, 0.3) is 0 Å². The molecule has 50 heavy (non-hydrogen) atoms. The van der Waals surface area contributed by atoms with Gasteiger partial charge in [-0.3, -0.25) is 15.0 Å². The zero-order valence-electron chi connectivity index (χ0n) is 29.3. The van der Waals surface area contributed by atoms with E-state index in [9.17, 15) is 15.0 Å². The molecule has 2 saturated heterocycles. The number of benzene rings is 3. The SMILES string of the molecule is CS1(C)c2cc(N3CCC3)ccc2C2(C(=N)C(=O)c3ccc(C(=O)NCCOCCOCCCCCCCl)cc32)c2ccc(N3CCC3)cc21. The Labute approximate surface area is 302 Å². The molecule has 0 radical (unpaired) electrons. The van der Waals surface area contributed by atoms with Gasteiger partial charge in [0.2, 0.25) is 5.78 Å². The third-order valence-corrected chi connectivity index (χ3v) is 14.0. The molecule has 3 heterocycles. The monoisotopic (exact) mass is 716 g/mol. The summed E-state index contributed by atoms with van der Waals surface area (Å²) in [6.45, 7) is 6.61. The molecule has 1 aliphatic carbocycles. The molecule has 2 fully saturated rings. The zero-order valence-corrected chi connectivity index (χ0v) is 30.9. The molecule has 0 aromatic heterocycles. The van der Waals surface area contributed by atoms with Gasteiger partial charge >= 0.3 is 0 Å². The van der Waals surface area contributed by atoms with E-state index < -0.39 is 15.4 Å². The minimum Gasteiger partial charge on any atom is -0.379 e. The number of nitrogens with zero attached hydrogens (tertiary/aromatic N) is 2. The average molecular weight is 717 g/mol. The second kappa shape index (κ2) is 14.7. The first kappa shape index (κ1) is 35.1. The normalized spacial score (nSPS) is 18.6. The number of amides is 1. The molecule has 3 aliphatic heterocycles. The highest BCUT2D eigenvalue weighted by atomic mass is 35.5. The molecule has 1 spiro atoms. The van der Waals surface area contributed by atoms with E-state index >= 15 is 0 Å². The highest BCUT2D eigenvalue weighted by Gasteiger charge is 2.57. The Morgan fingerprint density at radius 3 is 1.98 bits per heavy atom. The van der Waals surface area contributed by atoms with Crippen molar-refractivity contribution >= 4 is 50.4 Å². The summed E-state index contributed by atoms with van der Waals surface area (Å²) in [6, 6.07) is 18.6. The Bertz CT molecular complexity index is 1720. The number of carbonyl (C=O) groups excluding carboxylic acids is 2. The number of fused-ring (bicyclic) bond motifs is 6. The number of ketones is 1. The first-order valence-corrected chi connectivity index (χ1v) is 21.1. The second-order valence-electron chi connectivity index (χ2n) is 14.2. The molecule has 0 unspecified atom stereocenters. The van der Waals surface area contributed by atoms with Crippen LogP contribution in [0, 0.1) is 5.41 Å². The van der Waals surface area contributed by atoms with E-state index in [1.807, 2.05) is 6.07 Å². The van der Waals surface area contributed by atoms with E-state index in [0.29, 0.717) is 43.4 Å². The van der Waals surface area contributed by atoms with Gasteiger partial charge in [0.15, 0.2) is 0 Å². The van der Waals surface area contributed by atoms with Gasteiger partial charge in [-0.2, -0.15) is 10.0 Å². The number of rotatable bonds is 15. The fourth-order valence-corrected chi connectivity index (χ4v) is 10.6. The van der Waals surface area contributed by atoms with Gasteiger partial charge in [-0.1, -0.05) is 25.0 Å². The minimum atomic E-state index is -1.51. The van der Waals surface area contributed by atoms with Crippen molar-refractivity contribution in [1.82, 2.24) is 5.32 Å². The fraction of sp³-hybridized carbons (Fsp3) is 0.475. The molecule has 3 aromatic rings. The van der Waals surface area contributed by atoms with Gasteiger partial charge in [0.1, 0.15) is 0 Å². The highest BCUT2D eigenvalue weighted by Crippen LogP contribution is 2.69. The number of nitrogens with one attached hydrogen (secondary N) is 2. The number of Topliss-reactive ketones (excluding diaryl/α,β-unsaturated/α-hetero) is 1. The van der Waals surface area contributed by atoms with E-state index in [1.54, 1.807) is 12.1 Å². The first-order chi connectivity index (χ1) is 24.3. The molecule has 2 N–H and O–H groups in total. The molecule has 266 valence electrons. The number of anilines is 2. The van der Waals surface area contributed by atoms with Crippen LogP contribution in [0.3, 0.4) is 0 Å². The quantitative estimate of drug-likeness (QED) is 0.130. The lowest BCUT2D eigenvalue weighted by atomic mass is 9.68. The first-order valence-electron chi connectivity index (χ1n) is 18.1. The lowest BCUT2D eigenvalue weighted by Gasteiger charge is -2.49. The summed E-state index contributed by atoms with van der Waals surface area (Å²) in [5.74, 6) is 0.210. The Kier molecular flexibility index (Phi) is 10.3. The van der Waals surface area contributed by atoms with Gasteiger partial charge in [-0.05, 0) is 97.3 Å². The third-order valence-electron chi connectivity index (χ3n) is 10.9. The van der Waals surface area contributed by atoms with Gasteiger partial charge in [0.25, 0.3) is 5.91 Å². The Hall–Kier alpha value is -3.37. The van der Waals surface area contributed by atoms with Crippen LogP contribution < -0.4 is 15.1 Å². The van der Waals surface area contributed by atoms with Gasteiger partial charge in [-0.15, -0.1) is 11.6 Å². The average Bonchev–Trinajstić information content (AvgIpc) is 3.28. The van der Waals surface area contributed by atoms with Crippen molar-refractivity contribution in [2.45, 2.75) is 53.7 Å². The number of carbonyl (C=O) groups is 2. The summed E-state index contributed by atoms with van der Waals surface area (Å²) in [6.07, 6.45) is 11.4. The van der Waals surface area contributed by atoms with Gasteiger partial charge in [-0.25, -0.2) is 0 Å².